The third-order valence-corrected chi connectivity index (χ3v) is 3.40. The van der Waals surface area contributed by atoms with Crippen LogP contribution in [0.3, 0.4) is 0 Å². The molecule has 1 amide bonds. The molecule has 2 N–H and O–H groups in total. The molecule has 0 aliphatic carbocycles. The predicted molar refractivity (Wildman–Crippen MR) is 69.1 cm³/mol. The predicted octanol–water partition coefficient (Wildman–Crippen LogP) is 1.37. The molecule has 6 nitrogen and oxygen atoms in total. The summed E-state index contributed by atoms with van der Waals surface area (Å²) < 4.78 is 0. The number of carbonyl (C=O) groups excluding carboxylic acids is 1. The van der Waals surface area contributed by atoms with E-state index in [9.17, 15) is 14.7 Å². The van der Waals surface area contributed by atoms with E-state index in [2.05, 4.69) is 15.5 Å². The van der Waals surface area contributed by atoms with E-state index in [4.69, 9.17) is 0 Å². The van der Waals surface area contributed by atoms with Gasteiger partial charge in [-0.3, -0.25) is 9.59 Å². The van der Waals surface area contributed by atoms with Gasteiger partial charge < -0.3 is 10.4 Å². The van der Waals surface area contributed by atoms with E-state index in [1.165, 1.54) is 0 Å². The Balaban J connectivity index is 2.57. The van der Waals surface area contributed by atoms with Crippen molar-refractivity contribution in [3.05, 3.63) is 24.0 Å². The number of hydrogen-bond donors (Lipinski definition) is 2. The first kappa shape index (κ1) is 15.1. The number of aromatic nitrogens is 2. The Morgan fingerprint density at radius 1 is 1.37 bits per heavy atom. The lowest BCUT2D eigenvalue weighted by Crippen LogP contribution is -2.36. The van der Waals surface area contributed by atoms with E-state index in [1.54, 1.807) is 32.2 Å². The first-order valence-corrected chi connectivity index (χ1v) is 6.30. The summed E-state index contributed by atoms with van der Waals surface area (Å²) in [5.74, 6) is -1.20. The van der Waals surface area contributed by atoms with Crippen LogP contribution < -0.4 is 5.32 Å². The molecule has 104 valence electrons. The molecule has 0 fully saturated rings. The van der Waals surface area contributed by atoms with Crippen LogP contribution in [0.2, 0.25) is 0 Å². The molecule has 0 spiro atoms. The van der Waals surface area contributed by atoms with Gasteiger partial charge in [-0.2, -0.15) is 10.2 Å². The van der Waals surface area contributed by atoms with E-state index in [-0.39, 0.29) is 18.9 Å². The molecular weight excluding hydrogens is 246 g/mol. The standard InChI is InChI=1S/C13H19N3O3/c1-3-13(4-2,12(18)19)8-11(17)14-9-10-6-5-7-15-16-10/h5-7H,3-4,8-9H2,1-2H3,(H,14,17)(H,18,19). The van der Waals surface area contributed by atoms with Crippen molar-refractivity contribution in [1.82, 2.24) is 15.5 Å². The van der Waals surface area contributed by atoms with Gasteiger partial charge in [0.15, 0.2) is 0 Å². The van der Waals surface area contributed by atoms with Crippen molar-refractivity contribution in [1.29, 1.82) is 0 Å². The van der Waals surface area contributed by atoms with E-state index >= 15 is 0 Å². The lowest BCUT2D eigenvalue weighted by atomic mass is 9.79. The second kappa shape index (κ2) is 6.82. The highest BCUT2D eigenvalue weighted by Gasteiger charge is 2.36. The van der Waals surface area contributed by atoms with Crippen LogP contribution in [0.15, 0.2) is 18.3 Å². The number of carboxylic acid groups (broad SMARTS) is 1. The summed E-state index contributed by atoms with van der Waals surface area (Å²) in [6.07, 6.45) is 2.39. The Morgan fingerprint density at radius 2 is 2.05 bits per heavy atom. The van der Waals surface area contributed by atoms with Gasteiger partial charge in [0.1, 0.15) is 0 Å². The summed E-state index contributed by atoms with van der Waals surface area (Å²) >= 11 is 0. The van der Waals surface area contributed by atoms with Crippen LogP contribution in [-0.4, -0.2) is 27.2 Å². The number of nitrogens with one attached hydrogen (secondary N) is 1. The highest BCUT2D eigenvalue weighted by atomic mass is 16.4. The number of nitrogens with zero attached hydrogens (tertiary/aromatic N) is 2. The van der Waals surface area contributed by atoms with E-state index in [0.29, 0.717) is 18.5 Å². The average molecular weight is 265 g/mol. The van der Waals surface area contributed by atoms with Gasteiger partial charge in [-0.25, -0.2) is 0 Å². The second-order valence-electron chi connectivity index (χ2n) is 4.46. The molecule has 0 saturated carbocycles. The molecule has 0 atom stereocenters. The lowest BCUT2D eigenvalue weighted by molar-refractivity contribution is -0.152. The number of aliphatic carboxylic acids is 1. The zero-order valence-electron chi connectivity index (χ0n) is 11.2. The number of hydrogen-bond acceptors (Lipinski definition) is 4. The van der Waals surface area contributed by atoms with Crippen molar-refractivity contribution < 1.29 is 14.7 Å². The molecule has 6 heteroatoms. The summed E-state index contributed by atoms with van der Waals surface area (Å²) in [5.41, 5.74) is -0.336. The van der Waals surface area contributed by atoms with Crippen molar-refractivity contribution in [3.63, 3.8) is 0 Å². The van der Waals surface area contributed by atoms with Crippen LogP contribution in [0.25, 0.3) is 0 Å². The minimum absolute atomic E-state index is 0.0183. The first-order valence-electron chi connectivity index (χ1n) is 6.30. The maximum Gasteiger partial charge on any atom is 0.310 e. The molecule has 0 aromatic carbocycles. The van der Waals surface area contributed by atoms with Gasteiger partial charge >= 0.3 is 5.97 Å². The summed E-state index contributed by atoms with van der Waals surface area (Å²) in [6, 6.07) is 3.48. The largest absolute Gasteiger partial charge is 0.481 e. The molecule has 1 heterocycles. The highest BCUT2D eigenvalue weighted by Crippen LogP contribution is 2.30. The fourth-order valence-electron chi connectivity index (χ4n) is 1.86. The van der Waals surface area contributed by atoms with Gasteiger partial charge in [-0.1, -0.05) is 13.8 Å². The average Bonchev–Trinajstić information content (AvgIpc) is 2.43. The Kier molecular flexibility index (Phi) is 5.41. The van der Waals surface area contributed by atoms with Crippen LogP contribution in [0.4, 0.5) is 0 Å². The van der Waals surface area contributed by atoms with Crippen LogP contribution in [-0.2, 0) is 16.1 Å². The van der Waals surface area contributed by atoms with Crippen LogP contribution in [0.5, 0.6) is 0 Å². The van der Waals surface area contributed by atoms with E-state index < -0.39 is 11.4 Å². The lowest BCUT2D eigenvalue weighted by Gasteiger charge is -2.25. The fraction of sp³-hybridized carbons (Fsp3) is 0.538. The van der Waals surface area contributed by atoms with Gasteiger partial charge in [0, 0.05) is 12.6 Å². The van der Waals surface area contributed by atoms with Crippen molar-refractivity contribution in [2.24, 2.45) is 5.41 Å². The van der Waals surface area contributed by atoms with Crippen LogP contribution in [0, 0.1) is 5.41 Å². The van der Waals surface area contributed by atoms with Crippen molar-refractivity contribution in [2.75, 3.05) is 0 Å². The van der Waals surface area contributed by atoms with Gasteiger partial charge in [-0.05, 0) is 25.0 Å². The van der Waals surface area contributed by atoms with E-state index in [1.807, 2.05) is 0 Å². The van der Waals surface area contributed by atoms with Gasteiger partial charge in [0.05, 0.1) is 17.7 Å². The normalized spacial score (nSPS) is 11.1. The van der Waals surface area contributed by atoms with E-state index in [0.717, 1.165) is 0 Å². The molecule has 0 bridgehead atoms. The topological polar surface area (TPSA) is 92.2 Å². The Morgan fingerprint density at radius 3 is 2.53 bits per heavy atom. The van der Waals surface area contributed by atoms with Crippen LogP contribution >= 0.6 is 0 Å². The van der Waals surface area contributed by atoms with Crippen molar-refractivity contribution in [3.8, 4) is 0 Å². The monoisotopic (exact) mass is 265 g/mol. The quantitative estimate of drug-likeness (QED) is 0.777. The highest BCUT2D eigenvalue weighted by molar-refractivity contribution is 5.84. The molecule has 1 aromatic rings. The summed E-state index contributed by atoms with van der Waals surface area (Å²) in [7, 11) is 0. The Labute approximate surface area is 112 Å². The molecule has 0 unspecified atom stereocenters. The molecule has 0 aliphatic heterocycles. The number of amides is 1. The Hall–Kier alpha value is -1.98. The SMILES string of the molecule is CCC(CC)(CC(=O)NCc1cccnn1)C(=O)O. The summed E-state index contributed by atoms with van der Waals surface area (Å²) in [4.78, 5) is 23.1. The summed E-state index contributed by atoms with van der Waals surface area (Å²) in [6.45, 7) is 3.83. The van der Waals surface area contributed by atoms with Gasteiger partial charge in [0.2, 0.25) is 5.91 Å². The maximum absolute atomic E-state index is 11.8. The maximum atomic E-state index is 11.8. The Bertz CT molecular complexity index is 430. The molecule has 1 rings (SSSR count). The summed E-state index contributed by atoms with van der Waals surface area (Å²) in [5, 5.41) is 19.5. The number of carboxylic acids is 1. The van der Waals surface area contributed by atoms with Gasteiger partial charge in [0.25, 0.3) is 0 Å². The third-order valence-electron chi connectivity index (χ3n) is 3.40. The third kappa shape index (κ3) is 4.01. The van der Waals surface area contributed by atoms with Gasteiger partial charge in [-0.15, -0.1) is 0 Å². The number of carbonyl (C=O) groups is 2. The molecule has 1 aromatic heterocycles. The minimum Gasteiger partial charge on any atom is -0.481 e. The molecule has 19 heavy (non-hydrogen) atoms. The molecular formula is C13H19N3O3. The molecule has 0 aliphatic rings. The van der Waals surface area contributed by atoms with Crippen molar-refractivity contribution in [2.45, 2.75) is 39.7 Å². The first-order chi connectivity index (χ1) is 9.04. The van der Waals surface area contributed by atoms with Crippen LogP contribution in [0.1, 0.15) is 38.8 Å². The smallest absolute Gasteiger partial charge is 0.310 e. The minimum atomic E-state index is -0.980. The second-order valence-corrected chi connectivity index (χ2v) is 4.46. The number of rotatable bonds is 7. The zero-order valence-corrected chi connectivity index (χ0v) is 11.2. The van der Waals surface area contributed by atoms with Crippen molar-refractivity contribution >= 4 is 11.9 Å². The zero-order chi connectivity index (χ0) is 14.3. The molecule has 0 saturated heterocycles. The fourth-order valence-corrected chi connectivity index (χ4v) is 1.86. The molecule has 0 radical (unpaired) electrons.